The second-order valence-electron chi connectivity index (χ2n) is 6.41. The van der Waals surface area contributed by atoms with Crippen molar-refractivity contribution in [3.63, 3.8) is 0 Å². The van der Waals surface area contributed by atoms with Gasteiger partial charge in [-0.3, -0.25) is 4.79 Å². The number of carbonyl (C=O) groups is 1. The van der Waals surface area contributed by atoms with Gasteiger partial charge in [0.15, 0.2) is 0 Å². The van der Waals surface area contributed by atoms with Crippen LogP contribution in [0.15, 0.2) is 30.3 Å². The number of ketones is 1. The van der Waals surface area contributed by atoms with E-state index in [4.69, 9.17) is 0 Å². The van der Waals surface area contributed by atoms with E-state index >= 15 is 0 Å². The van der Waals surface area contributed by atoms with Crippen LogP contribution in [0.2, 0.25) is 0 Å². The fourth-order valence-electron chi connectivity index (χ4n) is 2.52. The molecule has 0 spiro atoms. The van der Waals surface area contributed by atoms with Gasteiger partial charge in [0.1, 0.15) is 5.78 Å². The average molecular weight is 292 g/mol. The number of aliphatic hydroxyl groups is 2. The number of hydrogen-bond acceptors (Lipinski definition) is 3. The molecule has 0 bridgehead atoms. The summed E-state index contributed by atoms with van der Waals surface area (Å²) in [6, 6.07) is 9.88. The molecule has 0 aliphatic rings. The van der Waals surface area contributed by atoms with Crippen molar-refractivity contribution >= 4 is 5.78 Å². The van der Waals surface area contributed by atoms with Gasteiger partial charge in [0.05, 0.1) is 18.1 Å². The Morgan fingerprint density at radius 2 is 1.62 bits per heavy atom. The molecule has 0 saturated heterocycles. The summed E-state index contributed by atoms with van der Waals surface area (Å²) in [5.41, 5.74) is 1.13. The fourth-order valence-corrected chi connectivity index (χ4v) is 2.52. The number of carbonyl (C=O) groups excluding carboxylic acids is 1. The number of hydrogen-bond donors (Lipinski definition) is 2. The Balaban J connectivity index is 2.75. The SMILES string of the molecule is CC(C)C(=O)C(C(O)CCc1ccccc1)C(O)C(C)C. The van der Waals surface area contributed by atoms with E-state index in [-0.39, 0.29) is 17.6 Å². The van der Waals surface area contributed by atoms with Crippen molar-refractivity contribution in [2.45, 2.75) is 52.7 Å². The van der Waals surface area contributed by atoms with E-state index in [1.165, 1.54) is 0 Å². The molecular formula is C18H28O3. The summed E-state index contributed by atoms with van der Waals surface area (Å²) >= 11 is 0. The second-order valence-corrected chi connectivity index (χ2v) is 6.41. The molecule has 0 saturated carbocycles. The van der Waals surface area contributed by atoms with Gasteiger partial charge in [-0.15, -0.1) is 0 Å². The van der Waals surface area contributed by atoms with Crippen molar-refractivity contribution in [1.29, 1.82) is 0 Å². The summed E-state index contributed by atoms with van der Waals surface area (Å²) in [5, 5.41) is 20.7. The molecule has 1 aromatic rings. The lowest BCUT2D eigenvalue weighted by Gasteiger charge is -2.30. The monoisotopic (exact) mass is 292 g/mol. The highest BCUT2D eigenvalue weighted by Gasteiger charge is 2.35. The maximum absolute atomic E-state index is 12.3. The predicted molar refractivity (Wildman–Crippen MR) is 84.9 cm³/mol. The number of benzene rings is 1. The molecule has 0 aliphatic heterocycles. The van der Waals surface area contributed by atoms with E-state index in [1.807, 2.05) is 58.0 Å². The summed E-state index contributed by atoms with van der Waals surface area (Å²) in [6.07, 6.45) is -0.422. The molecule has 3 atom stereocenters. The third-order valence-electron chi connectivity index (χ3n) is 3.93. The molecule has 0 aliphatic carbocycles. The van der Waals surface area contributed by atoms with E-state index in [1.54, 1.807) is 0 Å². The molecule has 3 unspecified atom stereocenters. The Labute approximate surface area is 128 Å². The highest BCUT2D eigenvalue weighted by molar-refractivity contribution is 5.83. The summed E-state index contributed by atoms with van der Waals surface area (Å²) in [4.78, 5) is 12.3. The molecule has 1 aromatic carbocycles. The van der Waals surface area contributed by atoms with Gasteiger partial charge in [0.2, 0.25) is 0 Å². The predicted octanol–water partition coefficient (Wildman–Crippen LogP) is 2.84. The quantitative estimate of drug-likeness (QED) is 0.774. The maximum atomic E-state index is 12.3. The Morgan fingerprint density at radius 1 is 1.05 bits per heavy atom. The van der Waals surface area contributed by atoms with Crippen LogP contribution in [0.4, 0.5) is 0 Å². The average Bonchev–Trinajstić information content (AvgIpc) is 2.45. The molecule has 0 aromatic heterocycles. The van der Waals surface area contributed by atoms with Crippen molar-refractivity contribution in [3.8, 4) is 0 Å². The lowest BCUT2D eigenvalue weighted by Crippen LogP contribution is -2.42. The number of rotatable bonds is 8. The zero-order valence-electron chi connectivity index (χ0n) is 13.5. The van der Waals surface area contributed by atoms with Gasteiger partial charge in [0.25, 0.3) is 0 Å². The third kappa shape index (κ3) is 5.25. The van der Waals surface area contributed by atoms with Crippen LogP contribution >= 0.6 is 0 Å². The van der Waals surface area contributed by atoms with Gasteiger partial charge in [-0.05, 0) is 24.3 Å². The van der Waals surface area contributed by atoms with Crippen molar-refractivity contribution in [3.05, 3.63) is 35.9 Å². The maximum Gasteiger partial charge on any atom is 0.143 e. The number of Topliss-reactive ketones (excluding diaryl/α,β-unsaturated/α-hetero) is 1. The van der Waals surface area contributed by atoms with E-state index < -0.39 is 18.1 Å². The number of aryl methyl sites for hydroxylation is 1. The lowest BCUT2D eigenvalue weighted by molar-refractivity contribution is -0.136. The van der Waals surface area contributed by atoms with Gasteiger partial charge in [-0.1, -0.05) is 58.0 Å². The minimum Gasteiger partial charge on any atom is -0.392 e. The van der Waals surface area contributed by atoms with Crippen molar-refractivity contribution in [2.75, 3.05) is 0 Å². The normalized spacial score (nSPS) is 16.0. The Morgan fingerprint density at radius 3 is 2.10 bits per heavy atom. The van der Waals surface area contributed by atoms with Crippen LogP contribution in [0.5, 0.6) is 0 Å². The Bertz CT molecular complexity index is 425. The summed E-state index contributed by atoms with van der Waals surface area (Å²) < 4.78 is 0. The molecule has 3 nitrogen and oxygen atoms in total. The molecule has 1 rings (SSSR count). The zero-order chi connectivity index (χ0) is 16.0. The van der Waals surface area contributed by atoms with E-state index in [0.717, 1.165) is 5.56 Å². The molecule has 3 heteroatoms. The summed E-state index contributed by atoms with van der Waals surface area (Å²) in [7, 11) is 0. The van der Waals surface area contributed by atoms with Gasteiger partial charge in [0, 0.05) is 5.92 Å². The topological polar surface area (TPSA) is 57.5 Å². The third-order valence-corrected chi connectivity index (χ3v) is 3.93. The highest BCUT2D eigenvalue weighted by atomic mass is 16.3. The smallest absolute Gasteiger partial charge is 0.143 e. The van der Waals surface area contributed by atoms with Crippen LogP contribution in [0.1, 0.15) is 39.7 Å². The van der Waals surface area contributed by atoms with Crippen molar-refractivity contribution < 1.29 is 15.0 Å². The van der Waals surface area contributed by atoms with Crippen molar-refractivity contribution in [2.24, 2.45) is 17.8 Å². The van der Waals surface area contributed by atoms with E-state index in [2.05, 4.69) is 0 Å². The number of aliphatic hydroxyl groups excluding tert-OH is 2. The van der Waals surface area contributed by atoms with Gasteiger partial charge in [-0.25, -0.2) is 0 Å². The first-order valence-electron chi connectivity index (χ1n) is 7.78. The molecular weight excluding hydrogens is 264 g/mol. The van der Waals surface area contributed by atoms with Gasteiger partial charge < -0.3 is 10.2 Å². The standard InChI is InChI=1S/C18H28O3/c1-12(2)17(20)16(18(21)13(3)4)15(19)11-10-14-8-6-5-7-9-14/h5-9,12-13,15-17,19-20H,10-11H2,1-4H3. The molecule has 0 radical (unpaired) electrons. The van der Waals surface area contributed by atoms with Gasteiger partial charge >= 0.3 is 0 Å². The molecule has 0 fully saturated rings. The van der Waals surface area contributed by atoms with Crippen LogP contribution in [-0.4, -0.2) is 28.2 Å². The summed E-state index contributed by atoms with van der Waals surface area (Å²) in [5.74, 6) is -0.996. The summed E-state index contributed by atoms with van der Waals surface area (Å²) in [6.45, 7) is 7.36. The first-order chi connectivity index (χ1) is 9.84. The molecule has 0 amide bonds. The Kier molecular flexibility index (Phi) is 7.06. The highest BCUT2D eigenvalue weighted by Crippen LogP contribution is 2.24. The van der Waals surface area contributed by atoms with Crippen LogP contribution in [-0.2, 0) is 11.2 Å². The molecule has 21 heavy (non-hydrogen) atoms. The second kappa shape index (κ2) is 8.30. The van der Waals surface area contributed by atoms with Crippen LogP contribution in [0, 0.1) is 17.8 Å². The minimum absolute atomic E-state index is 0.0518. The van der Waals surface area contributed by atoms with E-state index in [0.29, 0.717) is 12.8 Å². The van der Waals surface area contributed by atoms with Crippen LogP contribution in [0.25, 0.3) is 0 Å². The first kappa shape index (κ1) is 17.9. The first-order valence-corrected chi connectivity index (χ1v) is 7.78. The van der Waals surface area contributed by atoms with Gasteiger partial charge in [-0.2, -0.15) is 0 Å². The zero-order valence-corrected chi connectivity index (χ0v) is 13.5. The van der Waals surface area contributed by atoms with Crippen molar-refractivity contribution in [1.82, 2.24) is 0 Å². The molecule has 2 N–H and O–H groups in total. The molecule has 0 heterocycles. The van der Waals surface area contributed by atoms with E-state index in [9.17, 15) is 15.0 Å². The lowest BCUT2D eigenvalue weighted by atomic mass is 9.80. The Hall–Kier alpha value is -1.19. The van der Waals surface area contributed by atoms with Crippen LogP contribution < -0.4 is 0 Å². The minimum atomic E-state index is -0.808. The largest absolute Gasteiger partial charge is 0.392 e. The molecule has 118 valence electrons. The fraction of sp³-hybridized carbons (Fsp3) is 0.611. The van der Waals surface area contributed by atoms with Crippen LogP contribution in [0.3, 0.4) is 0 Å².